The topological polar surface area (TPSA) is 29.5 Å². The van der Waals surface area contributed by atoms with Crippen molar-refractivity contribution >= 4 is 0 Å². The van der Waals surface area contributed by atoms with Gasteiger partial charge in [-0.25, -0.2) is 0 Å². The summed E-state index contributed by atoms with van der Waals surface area (Å²) in [5.41, 5.74) is 1.02. The van der Waals surface area contributed by atoms with Crippen LogP contribution < -0.4 is 4.74 Å². The zero-order valence-electron chi connectivity index (χ0n) is 9.15. The second-order valence-electron chi connectivity index (χ2n) is 4.26. The van der Waals surface area contributed by atoms with Gasteiger partial charge in [-0.2, -0.15) is 0 Å². The van der Waals surface area contributed by atoms with E-state index in [9.17, 15) is 5.11 Å². The van der Waals surface area contributed by atoms with Gasteiger partial charge in [0, 0.05) is 0 Å². The third-order valence-electron chi connectivity index (χ3n) is 3.30. The lowest BCUT2D eigenvalue weighted by Crippen LogP contribution is -2.08. The van der Waals surface area contributed by atoms with Crippen LogP contribution in [0.4, 0.5) is 0 Å². The number of methoxy groups -OCH3 is 1. The third kappa shape index (κ3) is 2.32. The van der Waals surface area contributed by atoms with Crippen LogP contribution in [0.25, 0.3) is 0 Å². The van der Waals surface area contributed by atoms with Gasteiger partial charge in [0.05, 0.1) is 13.2 Å². The van der Waals surface area contributed by atoms with Gasteiger partial charge in [-0.05, 0) is 36.5 Å². The number of rotatable bonds is 3. The number of ether oxygens (including phenoxy) is 1. The lowest BCUT2D eigenvalue weighted by atomic mass is 9.94. The summed E-state index contributed by atoms with van der Waals surface area (Å²) in [5, 5.41) is 10.1. The van der Waals surface area contributed by atoms with E-state index in [0.717, 1.165) is 24.2 Å². The second-order valence-corrected chi connectivity index (χ2v) is 4.26. The molecule has 82 valence electrons. The Bertz CT molecular complexity index is 299. The van der Waals surface area contributed by atoms with Gasteiger partial charge in [-0.1, -0.05) is 25.0 Å². The van der Waals surface area contributed by atoms with E-state index < -0.39 is 0 Å². The van der Waals surface area contributed by atoms with Crippen LogP contribution in [0, 0.1) is 5.92 Å². The molecule has 1 aromatic rings. The van der Waals surface area contributed by atoms with Crippen LogP contribution in [0.3, 0.4) is 0 Å². The maximum absolute atomic E-state index is 10.1. The molecule has 1 N–H and O–H groups in total. The molecule has 0 saturated heterocycles. The maximum Gasteiger partial charge on any atom is 0.118 e. The average molecular weight is 206 g/mol. The highest BCUT2D eigenvalue weighted by Gasteiger charge is 2.24. The zero-order chi connectivity index (χ0) is 10.7. The third-order valence-corrected chi connectivity index (χ3v) is 3.30. The smallest absolute Gasteiger partial charge is 0.118 e. The highest BCUT2D eigenvalue weighted by atomic mass is 16.5. The van der Waals surface area contributed by atoms with Crippen molar-refractivity contribution in [3.05, 3.63) is 29.8 Å². The summed E-state index contributed by atoms with van der Waals surface area (Å²) in [6, 6.07) is 7.74. The lowest BCUT2D eigenvalue weighted by Gasteiger charge is -2.18. The van der Waals surface area contributed by atoms with Crippen LogP contribution in [0.2, 0.25) is 0 Å². The van der Waals surface area contributed by atoms with Gasteiger partial charge in [0.2, 0.25) is 0 Å². The number of hydrogen-bond acceptors (Lipinski definition) is 2. The molecule has 2 heteroatoms. The van der Waals surface area contributed by atoms with Crippen molar-refractivity contribution < 1.29 is 9.84 Å². The van der Waals surface area contributed by atoms with Gasteiger partial charge in [0.25, 0.3) is 0 Å². The van der Waals surface area contributed by atoms with Crippen LogP contribution >= 0.6 is 0 Å². The minimum atomic E-state index is -0.293. The van der Waals surface area contributed by atoms with E-state index in [0.29, 0.717) is 5.92 Å². The summed E-state index contributed by atoms with van der Waals surface area (Å²) >= 11 is 0. The molecule has 0 spiro atoms. The summed E-state index contributed by atoms with van der Waals surface area (Å²) in [5.74, 6) is 1.30. The van der Waals surface area contributed by atoms with Crippen molar-refractivity contribution in [2.24, 2.45) is 5.92 Å². The van der Waals surface area contributed by atoms with Gasteiger partial charge in [-0.15, -0.1) is 0 Å². The standard InChI is InChI=1S/C13H18O2/c1-15-12-8-6-11(7-9-12)13(14)10-4-2-3-5-10/h6-10,13-14H,2-5H2,1H3/t13-/m0/s1. The summed E-state index contributed by atoms with van der Waals surface area (Å²) in [6.07, 6.45) is 4.55. The molecule has 1 aliphatic carbocycles. The first-order valence-corrected chi connectivity index (χ1v) is 5.63. The number of hydrogen-bond donors (Lipinski definition) is 1. The first-order chi connectivity index (χ1) is 7.31. The van der Waals surface area contributed by atoms with Crippen LogP contribution in [0.5, 0.6) is 5.75 Å². The molecule has 1 aromatic carbocycles. The molecule has 0 aromatic heterocycles. The fourth-order valence-electron chi connectivity index (χ4n) is 2.35. The first-order valence-electron chi connectivity index (χ1n) is 5.63. The molecule has 0 amide bonds. The quantitative estimate of drug-likeness (QED) is 0.824. The predicted octanol–water partition coefficient (Wildman–Crippen LogP) is 2.92. The minimum Gasteiger partial charge on any atom is -0.497 e. The van der Waals surface area contributed by atoms with Crippen molar-refractivity contribution in [3.63, 3.8) is 0 Å². The monoisotopic (exact) mass is 206 g/mol. The Labute approximate surface area is 90.9 Å². The Morgan fingerprint density at radius 1 is 1.20 bits per heavy atom. The minimum absolute atomic E-state index is 0.293. The highest BCUT2D eigenvalue weighted by Crippen LogP contribution is 2.35. The van der Waals surface area contributed by atoms with Crippen molar-refractivity contribution in [2.45, 2.75) is 31.8 Å². The Morgan fingerprint density at radius 2 is 1.80 bits per heavy atom. The molecule has 1 aliphatic rings. The molecule has 0 aliphatic heterocycles. The van der Waals surface area contributed by atoms with Gasteiger partial charge in [0.15, 0.2) is 0 Å². The van der Waals surface area contributed by atoms with E-state index in [-0.39, 0.29) is 6.10 Å². The number of benzene rings is 1. The molecular weight excluding hydrogens is 188 g/mol. The molecule has 1 atom stereocenters. The van der Waals surface area contributed by atoms with E-state index in [1.807, 2.05) is 24.3 Å². The van der Waals surface area contributed by atoms with Gasteiger partial charge < -0.3 is 9.84 Å². The first kappa shape index (κ1) is 10.5. The summed E-state index contributed by atoms with van der Waals surface area (Å²) in [6.45, 7) is 0. The van der Waals surface area contributed by atoms with E-state index in [2.05, 4.69) is 0 Å². The van der Waals surface area contributed by atoms with Crippen molar-refractivity contribution in [3.8, 4) is 5.75 Å². The van der Waals surface area contributed by atoms with Crippen molar-refractivity contribution in [2.75, 3.05) is 7.11 Å². The second kappa shape index (κ2) is 4.67. The van der Waals surface area contributed by atoms with Crippen LogP contribution in [-0.2, 0) is 0 Å². The molecule has 1 fully saturated rings. The highest BCUT2D eigenvalue weighted by molar-refractivity contribution is 5.28. The van der Waals surface area contributed by atoms with Gasteiger partial charge in [-0.3, -0.25) is 0 Å². The molecule has 2 rings (SSSR count). The maximum atomic E-state index is 10.1. The Balaban J connectivity index is 2.07. The molecular formula is C13H18O2. The Hall–Kier alpha value is -1.02. The predicted molar refractivity (Wildman–Crippen MR) is 59.9 cm³/mol. The Morgan fingerprint density at radius 3 is 2.33 bits per heavy atom. The molecule has 15 heavy (non-hydrogen) atoms. The van der Waals surface area contributed by atoms with E-state index >= 15 is 0 Å². The van der Waals surface area contributed by atoms with Gasteiger partial charge in [0.1, 0.15) is 5.75 Å². The largest absolute Gasteiger partial charge is 0.497 e. The molecule has 0 radical (unpaired) electrons. The molecule has 0 unspecified atom stereocenters. The van der Waals surface area contributed by atoms with E-state index in [4.69, 9.17) is 4.74 Å². The van der Waals surface area contributed by atoms with Crippen molar-refractivity contribution in [1.29, 1.82) is 0 Å². The summed E-state index contributed by atoms with van der Waals surface area (Å²) in [4.78, 5) is 0. The normalized spacial score (nSPS) is 19.1. The van der Waals surface area contributed by atoms with Crippen molar-refractivity contribution in [1.82, 2.24) is 0 Å². The van der Waals surface area contributed by atoms with Crippen LogP contribution in [-0.4, -0.2) is 12.2 Å². The fraction of sp³-hybridized carbons (Fsp3) is 0.538. The van der Waals surface area contributed by atoms with E-state index in [1.165, 1.54) is 12.8 Å². The SMILES string of the molecule is COc1ccc([C@@H](O)C2CCCC2)cc1. The van der Waals surface area contributed by atoms with Crippen LogP contribution in [0.15, 0.2) is 24.3 Å². The zero-order valence-corrected chi connectivity index (χ0v) is 9.15. The lowest BCUT2D eigenvalue weighted by molar-refractivity contribution is 0.111. The molecule has 0 bridgehead atoms. The molecule has 0 heterocycles. The van der Waals surface area contributed by atoms with E-state index in [1.54, 1.807) is 7.11 Å². The number of aliphatic hydroxyl groups is 1. The molecule has 2 nitrogen and oxygen atoms in total. The fourth-order valence-corrected chi connectivity index (χ4v) is 2.35. The Kier molecular flexibility index (Phi) is 3.27. The summed E-state index contributed by atoms with van der Waals surface area (Å²) in [7, 11) is 1.66. The number of aliphatic hydroxyl groups excluding tert-OH is 1. The van der Waals surface area contributed by atoms with Gasteiger partial charge >= 0.3 is 0 Å². The van der Waals surface area contributed by atoms with Crippen LogP contribution in [0.1, 0.15) is 37.4 Å². The average Bonchev–Trinajstić information content (AvgIpc) is 2.82. The molecule has 1 saturated carbocycles. The summed E-state index contributed by atoms with van der Waals surface area (Å²) < 4.78 is 5.09.